The van der Waals surface area contributed by atoms with Crippen molar-refractivity contribution >= 4 is 29.0 Å². The Balaban J connectivity index is 2.09. The van der Waals surface area contributed by atoms with E-state index >= 15 is 0 Å². The molecule has 0 fully saturated rings. The maximum atomic E-state index is 11.8. The average Bonchev–Trinajstić information content (AvgIpc) is 2.40. The second-order valence-electron chi connectivity index (χ2n) is 3.66. The van der Waals surface area contributed by atoms with E-state index in [0.29, 0.717) is 22.1 Å². The molecular formula is C13H12ClN3O2. The molecule has 1 aromatic heterocycles. The van der Waals surface area contributed by atoms with Crippen LogP contribution in [0.25, 0.3) is 0 Å². The van der Waals surface area contributed by atoms with Crippen molar-refractivity contribution < 1.29 is 9.53 Å². The van der Waals surface area contributed by atoms with Gasteiger partial charge in [0.1, 0.15) is 5.75 Å². The number of carbonyl (C=O) groups is 1. The zero-order valence-electron chi connectivity index (χ0n) is 10.2. The summed E-state index contributed by atoms with van der Waals surface area (Å²) in [7, 11) is 1.52. The van der Waals surface area contributed by atoms with Gasteiger partial charge in [-0.05, 0) is 30.3 Å². The second kappa shape index (κ2) is 6.06. The van der Waals surface area contributed by atoms with E-state index in [-0.39, 0.29) is 6.03 Å². The van der Waals surface area contributed by atoms with Gasteiger partial charge in [0.25, 0.3) is 0 Å². The van der Waals surface area contributed by atoms with Gasteiger partial charge in [-0.2, -0.15) is 0 Å². The number of aromatic nitrogens is 1. The third-order valence-corrected chi connectivity index (χ3v) is 2.58. The SMILES string of the molecule is COc1ccc(Cl)cc1NC(=O)Nc1ccncc1. The number of methoxy groups -OCH3 is 1. The van der Waals surface area contributed by atoms with Crippen LogP contribution in [-0.2, 0) is 0 Å². The third-order valence-electron chi connectivity index (χ3n) is 2.35. The van der Waals surface area contributed by atoms with Gasteiger partial charge in [0, 0.05) is 23.1 Å². The number of benzene rings is 1. The highest BCUT2D eigenvalue weighted by atomic mass is 35.5. The van der Waals surface area contributed by atoms with Crippen molar-refractivity contribution in [3.63, 3.8) is 0 Å². The molecule has 0 aliphatic heterocycles. The van der Waals surface area contributed by atoms with E-state index in [1.54, 1.807) is 42.7 Å². The Bertz CT molecular complexity index is 575. The highest BCUT2D eigenvalue weighted by molar-refractivity contribution is 6.31. The van der Waals surface area contributed by atoms with Gasteiger partial charge in [0.05, 0.1) is 12.8 Å². The average molecular weight is 278 g/mol. The molecule has 19 heavy (non-hydrogen) atoms. The molecular weight excluding hydrogens is 266 g/mol. The van der Waals surface area contributed by atoms with Gasteiger partial charge in [0.2, 0.25) is 0 Å². The first-order chi connectivity index (χ1) is 9.19. The predicted octanol–water partition coefficient (Wildman–Crippen LogP) is 3.39. The van der Waals surface area contributed by atoms with Crippen LogP contribution in [0.1, 0.15) is 0 Å². The summed E-state index contributed by atoms with van der Waals surface area (Å²) in [5, 5.41) is 5.86. The monoisotopic (exact) mass is 277 g/mol. The van der Waals surface area contributed by atoms with Gasteiger partial charge in [-0.15, -0.1) is 0 Å². The van der Waals surface area contributed by atoms with E-state index < -0.39 is 0 Å². The number of ether oxygens (including phenoxy) is 1. The van der Waals surface area contributed by atoms with Crippen LogP contribution in [0.2, 0.25) is 5.02 Å². The van der Waals surface area contributed by atoms with Crippen molar-refractivity contribution in [2.45, 2.75) is 0 Å². The number of amides is 2. The van der Waals surface area contributed by atoms with Crippen molar-refractivity contribution in [1.29, 1.82) is 0 Å². The number of carbonyl (C=O) groups excluding carboxylic acids is 1. The van der Waals surface area contributed by atoms with E-state index in [1.807, 2.05) is 0 Å². The Morgan fingerprint density at radius 1 is 1.21 bits per heavy atom. The Labute approximate surface area is 115 Å². The lowest BCUT2D eigenvalue weighted by atomic mass is 10.3. The molecule has 0 aliphatic rings. The lowest BCUT2D eigenvalue weighted by Crippen LogP contribution is -2.19. The van der Waals surface area contributed by atoms with Crippen molar-refractivity contribution in [2.75, 3.05) is 17.7 Å². The highest BCUT2D eigenvalue weighted by Gasteiger charge is 2.08. The van der Waals surface area contributed by atoms with Crippen LogP contribution < -0.4 is 15.4 Å². The fraction of sp³-hybridized carbons (Fsp3) is 0.0769. The van der Waals surface area contributed by atoms with E-state index in [4.69, 9.17) is 16.3 Å². The van der Waals surface area contributed by atoms with Crippen LogP contribution in [-0.4, -0.2) is 18.1 Å². The molecule has 0 aliphatic carbocycles. The maximum absolute atomic E-state index is 11.8. The zero-order valence-corrected chi connectivity index (χ0v) is 10.9. The molecule has 98 valence electrons. The first-order valence-corrected chi connectivity index (χ1v) is 5.88. The number of urea groups is 1. The quantitative estimate of drug-likeness (QED) is 0.904. The van der Waals surface area contributed by atoms with E-state index in [9.17, 15) is 4.79 Å². The van der Waals surface area contributed by atoms with Gasteiger partial charge in [-0.1, -0.05) is 11.6 Å². The van der Waals surface area contributed by atoms with Crippen LogP contribution in [0.3, 0.4) is 0 Å². The summed E-state index contributed by atoms with van der Waals surface area (Å²) in [5.74, 6) is 0.536. The minimum Gasteiger partial charge on any atom is -0.495 e. The molecule has 6 heteroatoms. The molecule has 2 aromatic rings. The van der Waals surface area contributed by atoms with Crippen LogP contribution >= 0.6 is 11.6 Å². The molecule has 0 saturated carbocycles. The number of hydrogen-bond donors (Lipinski definition) is 2. The number of rotatable bonds is 3. The molecule has 2 amide bonds. The summed E-state index contributed by atoms with van der Waals surface area (Å²) in [6, 6.07) is 7.99. The Hall–Kier alpha value is -2.27. The smallest absolute Gasteiger partial charge is 0.323 e. The Kier molecular flexibility index (Phi) is 4.20. The molecule has 0 bridgehead atoms. The summed E-state index contributed by atoms with van der Waals surface area (Å²) >= 11 is 5.88. The summed E-state index contributed by atoms with van der Waals surface area (Å²) in [5.41, 5.74) is 1.15. The lowest BCUT2D eigenvalue weighted by molar-refractivity contribution is 0.262. The van der Waals surface area contributed by atoms with Gasteiger partial charge >= 0.3 is 6.03 Å². The summed E-state index contributed by atoms with van der Waals surface area (Å²) in [4.78, 5) is 15.7. The van der Waals surface area contributed by atoms with Gasteiger partial charge in [-0.25, -0.2) is 4.79 Å². The zero-order chi connectivity index (χ0) is 13.7. The van der Waals surface area contributed by atoms with Crippen molar-refractivity contribution in [1.82, 2.24) is 4.98 Å². The third kappa shape index (κ3) is 3.59. The number of nitrogens with zero attached hydrogens (tertiary/aromatic N) is 1. The van der Waals surface area contributed by atoms with Crippen LogP contribution in [0.15, 0.2) is 42.7 Å². The minimum absolute atomic E-state index is 0.383. The van der Waals surface area contributed by atoms with Crippen molar-refractivity contribution in [3.05, 3.63) is 47.7 Å². The van der Waals surface area contributed by atoms with Crippen LogP contribution in [0.4, 0.5) is 16.2 Å². The van der Waals surface area contributed by atoms with Crippen molar-refractivity contribution in [2.24, 2.45) is 0 Å². The van der Waals surface area contributed by atoms with E-state index in [1.165, 1.54) is 7.11 Å². The second-order valence-corrected chi connectivity index (χ2v) is 4.10. The summed E-state index contributed by atoms with van der Waals surface area (Å²) < 4.78 is 5.14. The molecule has 1 aromatic carbocycles. The molecule has 0 spiro atoms. The molecule has 5 nitrogen and oxygen atoms in total. The highest BCUT2D eigenvalue weighted by Crippen LogP contribution is 2.27. The van der Waals surface area contributed by atoms with Gasteiger partial charge in [0.15, 0.2) is 0 Å². The van der Waals surface area contributed by atoms with Crippen LogP contribution in [0.5, 0.6) is 5.75 Å². The largest absolute Gasteiger partial charge is 0.495 e. The standard InChI is InChI=1S/C13H12ClN3O2/c1-19-12-3-2-9(14)8-11(12)17-13(18)16-10-4-6-15-7-5-10/h2-8H,1H3,(H2,15,16,17,18). The fourth-order valence-electron chi connectivity index (χ4n) is 1.50. The van der Waals surface area contributed by atoms with Crippen molar-refractivity contribution in [3.8, 4) is 5.75 Å². The van der Waals surface area contributed by atoms with Gasteiger partial charge < -0.3 is 15.4 Å². The number of pyridine rings is 1. The number of hydrogen-bond acceptors (Lipinski definition) is 3. The first kappa shape index (κ1) is 13.2. The topological polar surface area (TPSA) is 63.2 Å². The Morgan fingerprint density at radius 2 is 1.95 bits per heavy atom. The van der Waals surface area contributed by atoms with Gasteiger partial charge in [-0.3, -0.25) is 4.98 Å². The molecule has 0 unspecified atom stereocenters. The molecule has 2 rings (SSSR count). The number of nitrogens with one attached hydrogen (secondary N) is 2. The lowest BCUT2D eigenvalue weighted by Gasteiger charge is -2.11. The summed E-state index contributed by atoms with van der Waals surface area (Å²) in [6.07, 6.45) is 3.19. The minimum atomic E-state index is -0.383. The number of anilines is 2. The number of halogens is 1. The maximum Gasteiger partial charge on any atom is 0.323 e. The molecule has 0 radical (unpaired) electrons. The molecule has 0 saturated heterocycles. The molecule has 0 atom stereocenters. The van der Waals surface area contributed by atoms with E-state index in [2.05, 4.69) is 15.6 Å². The van der Waals surface area contributed by atoms with Crippen LogP contribution in [0, 0.1) is 0 Å². The molecule has 2 N–H and O–H groups in total. The fourth-order valence-corrected chi connectivity index (χ4v) is 1.67. The molecule has 1 heterocycles. The van der Waals surface area contributed by atoms with E-state index in [0.717, 1.165) is 0 Å². The predicted molar refractivity (Wildman–Crippen MR) is 74.9 cm³/mol. The summed E-state index contributed by atoms with van der Waals surface area (Å²) in [6.45, 7) is 0. The Morgan fingerprint density at radius 3 is 2.63 bits per heavy atom. The first-order valence-electron chi connectivity index (χ1n) is 5.50. The normalized spacial score (nSPS) is 9.79.